The zero-order chi connectivity index (χ0) is 18.5. The third-order valence-corrected chi connectivity index (χ3v) is 6.37. The summed E-state index contributed by atoms with van der Waals surface area (Å²) in [6.45, 7) is 7.68. The molecular weight excluding hydrogens is 366 g/mol. The number of rotatable bonds is 4. The van der Waals surface area contributed by atoms with E-state index >= 15 is 0 Å². The zero-order valence-electron chi connectivity index (χ0n) is 15.5. The molecule has 2 aromatic rings. The van der Waals surface area contributed by atoms with E-state index in [0.29, 0.717) is 0 Å². The Hall–Kier alpha value is -1.93. The van der Waals surface area contributed by atoms with Crippen LogP contribution in [0.3, 0.4) is 0 Å². The molecule has 3 heterocycles. The van der Waals surface area contributed by atoms with E-state index in [4.69, 9.17) is 0 Å². The Kier molecular flexibility index (Phi) is 6.26. The molecule has 0 atom stereocenters. The molecule has 8 heteroatoms. The molecule has 3 rings (SSSR count). The van der Waals surface area contributed by atoms with Crippen molar-refractivity contribution in [2.75, 3.05) is 39.8 Å². The summed E-state index contributed by atoms with van der Waals surface area (Å²) < 4.78 is 0. The van der Waals surface area contributed by atoms with Gasteiger partial charge in [0, 0.05) is 57.0 Å². The minimum atomic E-state index is 0.149. The van der Waals surface area contributed by atoms with Gasteiger partial charge in [0.1, 0.15) is 0 Å². The average Bonchev–Trinajstić information content (AvgIpc) is 3.28. The van der Waals surface area contributed by atoms with Crippen LogP contribution in [0.15, 0.2) is 22.5 Å². The molecule has 0 aromatic carbocycles. The van der Waals surface area contributed by atoms with Gasteiger partial charge < -0.3 is 15.1 Å². The Morgan fingerprint density at radius 1 is 1.27 bits per heavy atom. The third kappa shape index (κ3) is 4.62. The standard InChI is InChI=1S/C18H25N5OS2/c1-13-21-16(12-25-13)17-5-4-15(26-17)6-7-20-18(19-3)23-10-8-22(9-11-23)14(2)24/h4-5,12H,6-11H2,1-3H3,(H,19,20). The Balaban J connectivity index is 1.48. The number of amides is 1. The molecule has 1 N–H and O–H groups in total. The first-order valence-corrected chi connectivity index (χ1v) is 10.5. The summed E-state index contributed by atoms with van der Waals surface area (Å²) in [5.41, 5.74) is 1.08. The van der Waals surface area contributed by atoms with Crippen LogP contribution in [0, 0.1) is 6.92 Å². The Labute approximate surface area is 162 Å². The maximum absolute atomic E-state index is 11.4. The lowest BCUT2D eigenvalue weighted by atomic mass is 10.3. The summed E-state index contributed by atoms with van der Waals surface area (Å²) in [6, 6.07) is 4.34. The van der Waals surface area contributed by atoms with E-state index in [1.54, 1.807) is 29.6 Å². The molecular formula is C18H25N5OS2. The number of carbonyl (C=O) groups excluding carboxylic acids is 1. The van der Waals surface area contributed by atoms with Gasteiger partial charge in [-0.05, 0) is 25.5 Å². The summed E-state index contributed by atoms with van der Waals surface area (Å²) in [7, 11) is 1.81. The van der Waals surface area contributed by atoms with Crippen molar-refractivity contribution >= 4 is 34.5 Å². The van der Waals surface area contributed by atoms with Crippen LogP contribution < -0.4 is 5.32 Å². The predicted molar refractivity (Wildman–Crippen MR) is 109 cm³/mol. The fourth-order valence-electron chi connectivity index (χ4n) is 2.99. The molecule has 1 amide bonds. The van der Waals surface area contributed by atoms with Crippen molar-refractivity contribution in [3.63, 3.8) is 0 Å². The highest BCUT2D eigenvalue weighted by molar-refractivity contribution is 7.16. The number of nitrogens with zero attached hydrogens (tertiary/aromatic N) is 4. The number of aryl methyl sites for hydroxylation is 1. The smallest absolute Gasteiger partial charge is 0.219 e. The van der Waals surface area contributed by atoms with Crippen LogP contribution in [0.25, 0.3) is 10.6 Å². The van der Waals surface area contributed by atoms with Crippen LogP contribution in [0.1, 0.15) is 16.8 Å². The van der Waals surface area contributed by atoms with Gasteiger partial charge in [-0.2, -0.15) is 0 Å². The molecule has 2 aromatic heterocycles. The molecule has 1 fully saturated rings. The second-order valence-corrected chi connectivity index (χ2v) is 8.47. The molecule has 0 bridgehead atoms. The van der Waals surface area contributed by atoms with Gasteiger partial charge in [-0.25, -0.2) is 4.98 Å². The van der Waals surface area contributed by atoms with Crippen molar-refractivity contribution in [2.45, 2.75) is 20.3 Å². The number of guanidine groups is 1. The lowest BCUT2D eigenvalue weighted by Crippen LogP contribution is -2.53. The zero-order valence-corrected chi connectivity index (χ0v) is 17.1. The van der Waals surface area contributed by atoms with E-state index in [-0.39, 0.29) is 5.91 Å². The number of thiazole rings is 1. The van der Waals surface area contributed by atoms with Gasteiger partial charge in [0.25, 0.3) is 0 Å². The molecule has 0 saturated carbocycles. The van der Waals surface area contributed by atoms with Crippen LogP contribution in [0.4, 0.5) is 0 Å². The van der Waals surface area contributed by atoms with Gasteiger partial charge in [0.2, 0.25) is 5.91 Å². The summed E-state index contributed by atoms with van der Waals surface area (Å²) in [4.78, 5) is 27.1. The van der Waals surface area contributed by atoms with Gasteiger partial charge in [-0.15, -0.1) is 22.7 Å². The maximum atomic E-state index is 11.4. The number of carbonyl (C=O) groups is 1. The fraction of sp³-hybridized carbons (Fsp3) is 0.500. The maximum Gasteiger partial charge on any atom is 0.219 e. The highest BCUT2D eigenvalue weighted by atomic mass is 32.1. The number of nitrogens with one attached hydrogen (secondary N) is 1. The van der Waals surface area contributed by atoms with Crippen molar-refractivity contribution in [1.29, 1.82) is 0 Å². The Morgan fingerprint density at radius 3 is 2.62 bits per heavy atom. The second-order valence-electron chi connectivity index (χ2n) is 6.23. The monoisotopic (exact) mass is 391 g/mol. The largest absolute Gasteiger partial charge is 0.356 e. The normalized spacial score (nSPS) is 15.4. The molecule has 0 radical (unpaired) electrons. The highest BCUT2D eigenvalue weighted by Gasteiger charge is 2.20. The van der Waals surface area contributed by atoms with Gasteiger partial charge >= 0.3 is 0 Å². The first-order valence-electron chi connectivity index (χ1n) is 8.79. The van der Waals surface area contributed by atoms with E-state index in [0.717, 1.165) is 55.8 Å². The van der Waals surface area contributed by atoms with Crippen LogP contribution in [0.5, 0.6) is 0 Å². The van der Waals surface area contributed by atoms with Crippen molar-refractivity contribution < 1.29 is 4.79 Å². The van der Waals surface area contributed by atoms with Crippen molar-refractivity contribution in [2.24, 2.45) is 4.99 Å². The minimum Gasteiger partial charge on any atom is -0.356 e. The molecule has 0 aliphatic carbocycles. The first kappa shape index (κ1) is 18.8. The highest BCUT2D eigenvalue weighted by Crippen LogP contribution is 2.29. The van der Waals surface area contributed by atoms with Crippen molar-refractivity contribution in [1.82, 2.24) is 20.1 Å². The SMILES string of the molecule is CN=C(NCCc1ccc(-c2csc(C)n2)s1)N1CCN(C(C)=O)CC1. The van der Waals surface area contributed by atoms with Crippen LogP contribution in [-0.4, -0.2) is 66.4 Å². The molecule has 0 spiro atoms. The average molecular weight is 392 g/mol. The molecule has 140 valence electrons. The summed E-state index contributed by atoms with van der Waals surface area (Å²) in [5.74, 6) is 1.07. The van der Waals surface area contributed by atoms with E-state index < -0.39 is 0 Å². The molecule has 1 saturated heterocycles. The number of aromatic nitrogens is 1. The number of aliphatic imine (C=N–C) groups is 1. The summed E-state index contributed by atoms with van der Waals surface area (Å²) in [6.07, 6.45) is 0.959. The summed E-state index contributed by atoms with van der Waals surface area (Å²) >= 11 is 3.49. The van der Waals surface area contributed by atoms with Gasteiger partial charge in [-0.3, -0.25) is 9.79 Å². The molecule has 0 unspecified atom stereocenters. The minimum absolute atomic E-state index is 0.149. The molecule has 1 aliphatic rings. The number of hydrogen-bond donors (Lipinski definition) is 1. The fourth-order valence-corrected chi connectivity index (χ4v) is 4.64. The van der Waals surface area contributed by atoms with E-state index in [1.165, 1.54) is 9.75 Å². The Bertz CT molecular complexity index is 774. The molecule has 26 heavy (non-hydrogen) atoms. The van der Waals surface area contributed by atoms with Crippen LogP contribution in [0.2, 0.25) is 0 Å². The lowest BCUT2D eigenvalue weighted by Gasteiger charge is -2.36. The predicted octanol–water partition coefficient (Wildman–Crippen LogP) is 2.46. The number of piperazine rings is 1. The van der Waals surface area contributed by atoms with Crippen LogP contribution >= 0.6 is 22.7 Å². The summed E-state index contributed by atoms with van der Waals surface area (Å²) in [5, 5.41) is 6.67. The number of hydrogen-bond acceptors (Lipinski definition) is 5. The quantitative estimate of drug-likeness (QED) is 0.642. The first-order chi connectivity index (χ1) is 12.6. The van der Waals surface area contributed by atoms with Gasteiger partial charge in [0.05, 0.1) is 15.6 Å². The van der Waals surface area contributed by atoms with Gasteiger partial charge in [-0.1, -0.05) is 0 Å². The Morgan fingerprint density at radius 2 is 2.00 bits per heavy atom. The van der Waals surface area contributed by atoms with Gasteiger partial charge in [0.15, 0.2) is 5.96 Å². The topological polar surface area (TPSA) is 60.8 Å². The second kappa shape index (κ2) is 8.64. The van der Waals surface area contributed by atoms with E-state index in [2.05, 4.69) is 37.7 Å². The van der Waals surface area contributed by atoms with E-state index in [1.807, 2.05) is 18.9 Å². The van der Waals surface area contributed by atoms with Crippen LogP contribution in [-0.2, 0) is 11.2 Å². The number of thiophene rings is 1. The van der Waals surface area contributed by atoms with Crippen molar-refractivity contribution in [3.8, 4) is 10.6 Å². The van der Waals surface area contributed by atoms with Crippen molar-refractivity contribution in [3.05, 3.63) is 27.4 Å². The lowest BCUT2D eigenvalue weighted by molar-refractivity contribution is -0.130. The molecule has 1 aliphatic heterocycles. The van der Waals surface area contributed by atoms with E-state index in [9.17, 15) is 4.79 Å². The third-order valence-electron chi connectivity index (χ3n) is 4.42. The molecule has 6 nitrogen and oxygen atoms in total.